The van der Waals surface area contributed by atoms with Gasteiger partial charge in [0.1, 0.15) is 30.0 Å². The molecule has 2 fully saturated rings. The average molecular weight is 559 g/mol. The lowest BCUT2D eigenvalue weighted by Crippen LogP contribution is -2.58. The number of aliphatic hydroxyl groups is 4. The van der Waals surface area contributed by atoms with Crippen molar-refractivity contribution in [2.24, 2.45) is 16.7 Å². The fourth-order valence-corrected chi connectivity index (χ4v) is 4.84. The second-order valence-electron chi connectivity index (χ2n) is 11.4. The third kappa shape index (κ3) is 8.86. The van der Waals surface area contributed by atoms with Gasteiger partial charge in [0, 0.05) is 12.1 Å². The van der Waals surface area contributed by atoms with Crippen LogP contribution in [-0.4, -0.2) is 101 Å². The number of amides is 3. The molecule has 2 saturated carbocycles. The molecule has 224 valence electrons. The first kappa shape index (κ1) is 32.9. The Morgan fingerprint density at radius 2 is 1.31 bits per heavy atom. The minimum Gasteiger partial charge on any atom is -0.464 e. The van der Waals surface area contributed by atoms with Crippen molar-refractivity contribution in [2.45, 2.75) is 90.1 Å². The van der Waals surface area contributed by atoms with E-state index in [0.29, 0.717) is 12.8 Å². The largest absolute Gasteiger partial charge is 0.464 e. The number of hydrogen-bond donors (Lipinski definition) is 5. The van der Waals surface area contributed by atoms with Crippen LogP contribution in [0.15, 0.2) is 0 Å². The predicted molar refractivity (Wildman–Crippen MR) is 139 cm³/mol. The van der Waals surface area contributed by atoms with E-state index >= 15 is 0 Å². The van der Waals surface area contributed by atoms with E-state index in [0.717, 1.165) is 51.4 Å². The molecule has 39 heavy (non-hydrogen) atoms. The molecule has 0 aromatic rings. The Balaban J connectivity index is 2.35. The smallest absolute Gasteiger partial charge is 0.324 e. The van der Waals surface area contributed by atoms with Gasteiger partial charge < -0.3 is 35.2 Å². The van der Waals surface area contributed by atoms with Crippen LogP contribution in [-0.2, 0) is 23.9 Å². The maximum atomic E-state index is 14.2. The van der Waals surface area contributed by atoms with Crippen LogP contribution in [0.2, 0.25) is 0 Å². The third-order valence-electron chi connectivity index (χ3n) is 7.85. The summed E-state index contributed by atoms with van der Waals surface area (Å²) in [6.45, 7) is -1.23. The molecule has 0 bridgehead atoms. The molecule has 12 nitrogen and oxygen atoms in total. The predicted octanol–water partition coefficient (Wildman–Crippen LogP) is 0.874. The standard InChI is InChI=1S/C27H46N2O10/c1-26(15-32,16-33)24(36)39-18-27(2,17-38-22(34)19(13-30)14-31)23(35)29(21-11-7-4-8-12-21)25(37)28-20-9-5-3-6-10-20/h19-21,30-33H,3-18H2,1-2H3,(H,28,37). The van der Waals surface area contributed by atoms with Crippen LogP contribution in [0.1, 0.15) is 78.1 Å². The molecule has 0 spiro atoms. The van der Waals surface area contributed by atoms with Gasteiger partial charge in [-0.25, -0.2) is 4.79 Å². The Morgan fingerprint density at radius 3 is 1.82 bits per heavy atom. The number of imide groups is 1. The number of esters is 2. The van der Waals surface area contributed by atoms with E-state index in [2.05, 4.69) is 5.32 Å². The highest BCUT2D eigenvalue weighted by molar-refractivity contribution is 5.98. The van der Waals surface area contributed by atoms with Gasteiger partial charge in [-0.15, -0.1) is 0 Å². The number of carbonyl (C=O) groups excluding carboxylic acids is 4. The fourth-order valence-electron chi connectivity index (χ4n) is 4.84. The van der Waals surface area contributed by atoms with Crippen molar-refractivity contribution in [3.05, 3.63) is 0 Å². The van der Waals surface area contributed by atoms with E-state index in [4.69, 9.17) is 9.47 Å². The number of hydrogen-bond acceptors (Lipinski definition) is 10. The summed E-state index contributed by atoms with van der Waals surface area (Å²) in [6, 6.07) is -0.984. The molecule has 2 aliphatic carbocycles. The summed E-state index contributed by atoms with van der Waals surface area (Å²) in [5, 5.41) is 40.8. The van der Waals surface area contributed by atoms with E-state index in [1.165, 1.54) is 18.7 Å². The Labute approximate surface area is 230 Å². The van der Waals surface area contributed by atoms with Crippen LogP contribution in [0.4, 0.5) is 4.79 Å². The van der Waals surface area contributed by atoms with E-state index in [9.17, 15) is 39.6 Å². The first-order chi connectivity index (χ1) is 18.5. The van der Waals surface area contributed by atoms with Crippen molar-refractivity contribution in [3.8, 4) is 0 Å². The van der Waals surface area contributed by atoms with Crippen molar-refractivity contribution >= 4 is 23.9 Å². The first-order valence-electron chi connectivity index (χ1n) is 14.0. The van der Waals surface area contributed by atoms with Gasteiger partial charge >= 0.3 is 18.0 Å². The number of aliphatic hydroxyl groups excluding tert-OH is 4. The number of ether oxygens (including phenoxy) is 2. The van der Waals surface area contributed by atoms with Crippen molar-refractivity contribution < 1.29 is 49.1 Å². The zero-order valence-corrected chi connectivity index (χ0v) is 23.2. The maximum absolute atomic E-state index is 14.2. The van der Waals surface area contributed by atoms with Gasteiger partial charge in [-0.2, -0.15) is 0 Å². The van der Waals surface area contributed by atoms with Crippen LogP contribution in [0.3, 0.4) is 0 Å². The SMILES string of the molecule is CC(CO)(CO)C(=O)OCC(C)(COC(=O)C(CO)CO)C(=O)N(C(=O)NC1CCCCC1)C1CCCCC1. The summed E-state index contributed by atoms with van der Waals surface area (Å²) in [6.07, 6.45) is 8.58. The third-order valence-corrected chi connectivity index (χ3v) is 7.85. The topological polar surface area (TPSA) is 183 Å². The normalized spacial score (nSPS) is 18.7. The fraction of sp³-hybridized carbons (Fsp3) is 0.852. The van der Waals surface area contributed by atoms with Crippen LogP contribution < -0.4 is 5.32 Å². The second-order valence-corrected chi connectivity index (χ2v) is 11.4. The van der Waals surface area contributed by atoms with E-state index in [-0.39, 0.29) is 12.1 Å². The van der Waals surface area contributed by atoms with Gasteiger partial charge in [0.2, 0.25) is 5.91 Å². The maximum Gasteiger partial charge on any atom is 0.324 e. The van der Waals surface area contributed by atoms with Crippen LogP contribution in [0.5, 0.6) is 0 Å². The molecule has 1 unspecified atom stereocenters. The molecular formula is C27H46N2O10. The van der Waals surface area contributed by atoms with Crippen molar-refractivity contribution in [1.82, 2.24) is 10.2 Å². The molecule has 0 aromatic carbocycles. The Morgan fingerprint density at radius 1 is 0.795 bits per heavy atom. The molecule has 0 radical (unpaired) electrons. The van der Waals surface area contributed by atoms with Crippen molar-refractivity contribution in [1.29, 1.82) is 0 Å². The molecule has 2 aliphatic rings. The highest BCUT2D eigenvalue weighted by atomic mass is 16.6. The quantitative estimate of drug-likeness (QED) is 0.203. The monoisotopic (exact) mass is 558 g/mol. The van der Waals surface area contributed by atoms with Gasteiger partial charge in [0.15, 0.2) is 0 Å². The van der Waals surface area contributed by atoms with Crippen LogP contribution in [0.25, 0.3) is 0 Å². The molecule has 0 saturated heterocycles. The summed E-state index contributed by atoms with van der Waals surface area (Å²) >= 11 is 0. The molecule has 1 atom stereocenters. The number of rotatable bonds is 13. The lowest BCUT2D eigenvalue weighted by molar-refractivity contribution is -0.171. The summed E-state index contributed by atoms with van der Waals surface area (Å²) < 4.78 is 10.6. The van der Waals surface area contributed by atoms with Crippen molar-refractivity contribution in [2.75, 3.05) is 39.6 Å². The minimum atomic E-state index is -1.71. The van der Waals surface area contributed by atoms with Gasteiger partial charge in [0.05, 0.1) is 26.4 Å². The molecule has 2 rings (SSSR count). The average Bonchev–Trinajstić information content (AvgIpc) is 2.96. The molecule has 5 N–H and O–H groups in total. The Bertz CT molecular complexity index is 817. The summed E-state index contributed by atoms with van der Waals surface area (Å²) in [4.78, 5) is 54.0. The van der Waals surface area contributed by atoms with Crippen molar-refractivity contribution in [3.63, 3.8) is 0 Å². The molecule has 0 aliphatic heterocycles. The highest BCUT2D eigenvalue weighted by Gasteiger charge is 2.46. The Kier molecular flexibility index (Phi) is 13.1. The molecule has 0 aromatic heterocycles. The van der Waals surface area contributed by atoms with Gasteiger partial charge in [-0.3, -0.25) is 19.3 Å². The van der Waals surface area contributed by atoms with Gasteiger partial charge in [0.25, 0.3) is 0 Å². The van der Waals surface area contributed by atoms with Gasteiger partial charge in [-0.1, -0.05) is 38.5 Å². The first-order valence-corrected chi connectivity index (χ1v) is 14.0. The number of urea groups is 1. The van der Waals surface area contributed by atoms with Crippen LogP contribution >= 0.6 is 0 Å². The van der Waals surface area contributed by atoms with E-state index in [1.54, 1.807) is 0 Å². The zero-order chi connectivity index (χ0) is 29.1. The Hall–Kier alpha value is -2.28. The highest BCUT2D eigenvalue weighted by Crippen LogP contribution is 2.30. The van der Waals surface area contributed by atoms with E-state index < -0.39 is 80.3 Å². The molecular weight excluding hydrogens is 512 g/mol. The minimum absolute atomic E-state index is 0.0586. The van der Waals surface area contributed by atoms with Gasteiger partial charge in [-0.05, 0) is 39.5 Å². The molecule has 0 heterocycles. The number of carbonyl (C=O) groups is 4. The van der Waals surface area contributed by atoms with Crippen LogP contribution in [0, 0.1) is 16.7 Å². The second kappa shape index (κ2) is 15.5. The number of nitrogens with one attached hydrogen (secondary N) is 1. The summed E-state index contributed by atoms with van der Waals surface area (Å²) in [7, 11) is 0. The van der Waals surface area contributed by atoms with E-state index in [1.807, 2.05) is 0 Å². The zero-order valence-electron chi connectivity index (χ0n) is 23.2. The summed E-state index contributed by atoms with van der Waals surface area (Å²) in [5.74, 6) is -3.82. The molecule has 3 amide bonds. The molecule has 12 heteroatoms. The lowest BCUT2D eigenvalue weighted by Gasteiger charge is -2.39. The number of nitrogens with zero attached hydrogens (tertiary/aromatic N) is 1. The summed E-state index contributed by atoms with van der Waals surface area (Å²) in [5.41, 5.74) is -3.34. The lowest BCUT2D eigenvalue weighted by atomic mass is 9.87.